The number of carboxylic acids is 1. The van der Waals surface area contributed by atoms with E-state index in [0.717, 1.165) is 6.42 Å². The van der Waals surface area contributed by atoms with E-state index in [1.807, 2.05) is 0 Å². The lowest BCUT2D eigenvalue weighted by Crippen LogP contribution is -2.47. The summed E-state index contributed by atoms with van der Waals surface area (Å²) in [5.41, 5.74) is -1.04. The van der Waals surface area contributed by atoms with Crippen molar-refractivity contribution in [1.29, 1.82) is 0 Å². The van der Waals surface area contributed by atoms with Crippen molar-refractivity contribution in [2.45, 2.75) is 24.2 Å². The Bertz CT molecular complexity index is 663. The topological polar surface area (TPSA) is 83.5 Å². The molecule has 0 spiro atoms. The van der Waals surface area contributed by atoms with Gasteiger partial charge < -0.3 is 5.11 Å². The molecule has 0 aliphatic heterocycles. The second kappa shape index (κ2) is 5.93. The summed E-state index contributed by atoms with van der Waals surface area (Å²) in [6.07, 6.45) is 1.64. The van der Waals surface area contributed by atoms with Gasteiger partial charge in [0.05, 0.1) is 15.5 Å². The minimum absolute atomic E-state index is 0.113. The number of halogens is 3. The van der Waals surface area contributed by atoms with Gasteiger partial charge in [-0.1, -0.05) is 41.2 Å². The molecule has 9 heteroatoms. The van der Waals surface area contributed by atoms with Crippen LogP contribution in [0.25, 0.3) is 0 Å². The first kappa shape index (κ1) is 16.8. The molecular formula is C12H12Cl3NO4S. The maximum atomic E-state index is 12.3. The molecule has 0 heterocycles. The molecule has 1 aliphatic carbocycles. The van der Waals surface area contributed by atoms with E-state index in [1.165, 1.54) is 12.1 Å². The lowest BCUT2D eigenvalue weighted by atomic mass is 9.69. The molecular weight excluding hydrogens is 361 g/mol. The van der Waals surface area contributed by atoms with Gasteiger partial charge in [-0.2, -0.15) is 0 Å². The maximum absolute atomic E-state index is 12.3. The van der Waals surface area contributed by atoms with Crippen LogP contribution < -0.4 is 4.72 Å². The van der Waals surface area contributed by atoms with E-state index in [9.17, 15) is 18.3 Å². The van der Waals surface area contributed by atoms with Crippen LogP contribution in [0.1, 0.15) is 19.3 Å². The monoisotopic (exact) mass is 371 g/mol. The molecule has 116 valence electrons. The molecule has 5 nitrogen and oxygen atoms in total. The third-order valence-corrected chi connectivity index (χ3v) is 6.14. The molecule has 0 radical (unpaired) electrons. The zero-order valence-electron chi connectivity index (χ0n) is 10.7. The second-order valence-corrected chi connectivity index (χ2v) is 7.92. The van der Waals surface area contributed by atoms with Crippen LogP contribution in [-0.2, 0) is 14.8 Å². The van der Waals surface area contributed by atoms with Crippen LogP contribution in [0.15, 0.2) is 17.0 Å². The van der Waals surface area contributed by atoms with Gasteiger partial charge in [-0.05, 0) is 25.0 Å². The second-order valence-electron chi connectivity index (χ2n) is 4.96. The molecule has 1 saturated carbocycles. The van der Waals surface area contributed by atoms with Crippen molar-refractivity contribution in [2.75, 3.05) is 6.54 Å². The number of nitrogens with one attached hydrogen (secondary N) is 1. The minimum Gasteiger partial charge on any atom is -0.481 e. The molecule has 0 amide bonds. The molecule has 1 aliphatic rings. The van der Waals surface area contributed by atoms with Gasteiger partial charge in [-0.15, -0.1) is 0 Å². The molecule has 1 fully saturated rings. The SMILES string of the molecule is O=C(O)C1(CNS(=O)(=O)c2c(Cl)cc(Cl)cc2Cl)CCC1. The molecule has 0 aromatic heterocycles. The predicted molar refractivity (Wildman–Crippen MR) is 80.6 cm³/mol. The summed E-state index contributed by atoms with van der Waals surface area (Å²) < 4.78 is 26.8. The van der Waals surface area contributed by atoms with Crippen molar-refractivity contribution in [3.05, 3.63) is 27.2 Å². The van der Waals surface area contributed by atoms with Crippen molar-refractivity contribution in [3.8, 4) is 0 Å². The molecule has 0 atom stereocenters. The number of hydrogen-bond acceptors (Lipinski definition) is 3. The number of carbonyl (C=O) groups is 1. The summed E-state index contributed by atoms with van der Waals surface area (Å²) in [7, 11) is -4.02. The fourth-order valence-corrected chi connectivity index (χ4v) is 4.83. The van der Waals surface area contributed by atoms with Gasteiger partial charge in [-0.3, -0.25) is 4.79 Å². The third-order valence-electron chi connectivity index (χ3n) is 3.60. The Morgan fingerprint density at radius 3 is 2.14 bits per heavy atom. The average Bonchev–Trinajstić information content (AvgIpc) is 2.24. The average molecular weight is 373 g/mol. The summed E-state index contributed by atoms with van der Waals surface area (Å²) in [5.74, 6) is -1.01. The molecule has 0 bridgehead atoms. The molecule has 2 rings (SSSR count). The Morgan fingerprint density at radius 1 is 1.24 bits per heavy atom. The van der Waals surface area contributed by atoms with E-state index in [-0.39, 0.29) is 26.5 Å². The highest BCUT2D eigenvalue weighted by atomic mass is 35.5. The first-order valence-electron chi connectivity index (χ1n) is 6.06. The number of hydrogen-bond donors (Lipinski definition) is 2. The fraction of sp³-hybridized carbons (Fsp3) is 0.417. The van der Waals surface area contributed by atoms with Gasteiger partial charge in [0, 0.05) is 11.6 Å². The van der Waals surface area contributed by atoms with Crippen LogP contribution in [0.4, 0.5) is 0 Å². The van der Waals surface area contributed by atoms with Gasteiger partial charge in [-0.25, -0.2) is 13.1 Å². The Hall–Kier alpha value is -0.530. The number of sulfonamides is 1. The van der Waals surface area contributed by atoms with E-state index >= 15 is 0 Å². The van der Waals surface area contributed by atoms with Crippen LogP contribution in [0.3, 0.4) is 0 Å². The largest absolute Gasteiger partial charge is 0.481 e. The zero-order chi connectivity index (χ0) is 15.8. The number of rotatable bonds is 5. The summed E-state index contributed by atoms with van der Waals surface area (Å²) >= 11 is 17.5. The summed E-state index contributed by atoms with van der Waals surface area (Å²) in [5, 5.41) is 9.18. The van der Waals surface area contributed by atoms with E-state index in [0.29, 0.717) is 12.8 Å². The van der Waals surface area contributed by atoms with Crippen LogP contribution in [-0.4, -0.2) is 26.0 Å². The molecule has 2 N–H and O–H groups in total. The van der Waals surface area contributed by atoms with Crippen LogP contribution in [0, 0.1) is 5.41 Å². The molecule has 0 saturated heterocycles. The molecule has 0 unspecified atom stereocenters. The molecule has 1 aromatic carbocycles. The van der Waals surface area contributed by atoms with E-state index in [1.54, 1.807) is 0 Å². The quantitative estimate of drug-likeness (QED) is 0.831. The van der Waals surface area contributed by atoms with Gasteiger partial charge >= 0.3 is 5.97 Å². The molecule has 1 aromatic rings. The lowest BCUT2D eigenvalue weighted by molar-refractivity contribution is -0.153. The van der Waals surface area contributed by atoms with Crippen LogP contribution in [0.2, 0.25) is 15.1 Å². The predicted octanol–water partition coefficient (Wildman–Crippen LogP) is 3.18. The highest BCUT2D eigenvalue weighted by Gasteiger charge is 2.45. The first-order chi connectivity index (χ1) is 9.68. The first-order valence-corrected chi connectivity index (χ1v) is 8.67. The van der Waals surface area contributed by atoms with Gasteiger partial charge in [0.25, 0.3) is 0 Å². The van der Waals surface area contributed by atoms with Crippen molar-refractivity contribution in [2.24, 2.45) is 5.41 Å². The number of carboxylic acid groups (broad SMARTS) is 1. The highest BCUT2D eigenvalue weighted by Crippen LogP contribution is 2.41. The normalized spacial score (nSPS) is 17.3. The smallest absolute Gasteiger partial charge is 0.310 e. The Morgan fingerprint density at radius 2 is 1.76 bits per heavy atom. The number of aliphatic carboxylic acids is 1. The van der Waals surface area contributed by atoms with Gasteiger partial charge in [0.2, 0.25) is 10.0 Å². The fourth-order valence-electron chi connectivity index (χ4n) is 2.16. The Labute approximate surface area is 137 Å². The standard InChI is InChI=1S/C12H12Cl3NO4S/c13-7-4-8(14)10(9(15)5-7)21(19,20)16-6-12(11(17)18)2-1-3-12/h4-5,16H,1-3,6H2,(H,17,18). The van der Waals surface area contributed by atoms with Gasteiger partial charge in [0.15, 0.2) is 0 Å². The highest BCUT2D eigenvalue weighted by molar-refractivity contribution is 7.89. The lowest BCUT2D eigenvalue weighted by Gasteiger charge is -2.37. The molecule has 21 heavy (non-hydrogen) atoms. The van der Waals surface area contributed by atoms with Crippen molar-refractivity contribution >= 4 is 50.8 Å². The zero-order valence-corrected chi connectivity index (χ0v) is 13.8. The maximum Gasteiger partial charge on any atom is 0.310 e. The van der Waals surface area contributed by atoms with Crippen LogP contribution >= 0.6 is 34.8 Å². The van der Waals surface area contributed by atoms with E-state index in [2.05, 4.69) is 4.72 Å². The van der Waals surface area contributed by atoms with E-state index in [4.69, 9.17) is 34.8 Å². The van der Waals surface area contributed by atoms with Crippen LogP contribution in [0.5, 0.6) is 0 Å². The summed E-state index contributed by atoms with van der Waals surface area (Å²) in [6.45, 7) is -0.194. The van der Waals surface area contributed by atoms with Gasteiger partial charge in [0.1, 0.15) is 4.90 Å². The Kier molecular flexibility index (Phi) is 4.75. The third kappa shape index (κ3) is 3.29. The minimum atomic E-state index is -4.02. The van der Waals surface area contributed by atoms with Crippen molar-refractivity contribution < 1.29 is 18.3 Å². The van der Waals surface area contributed by atoms with Crippen molar-refractivity contribution in [3.63, 3.8) is 0 Å². The Balaban J connectivity index is 2.26. The van der Waals surface area contributed by atoms with E-state index < -0.39 is 21.4 Å². The summed E-state index contributed by atoms with van der Waals surface area (Å²) in [4.78, 5) is 10.9. The summed E-state index contributed by atoms with van der Waals surface area (Å²) in [6, 6.07) is 2.53. The number of benzene rings is 1. The van der Waals surface area contributed by atoms with Crippen molar-refractivity contribution in [1.82, 2.24) is 4.72 Å².